The Labute approximate surface area is 125 Å². The van der Waals surface area contributed by atoms with E-state index < -0.39 is 0 Å². The van der Waals surface area contributed by atoms with Gasteiger partial charge >= 0.3 is 0 Å². The first kappa shape index (κ1) is 14.1. The molecule has 0 spiro atoms. The summed E-state index contributed by atoms with van der Waals surface area (Å²) < 4.78 is 13.4. The molecular formula is C18H21FN2. The van der Waals surface area contributed by atoms with Gasteiger partial charge in [0.2, 0.25) is 0 Å². The second-order valence-corrected chi connectivity index (χ2v) is 5.92. The second kappa shape index (κ2) is 5.49. The van der Waals surface area contributed by atoms with E-state index in [1.165, 1.54) is 22.8 Å². The molecule has 3 heteroatoms. The Bertz CT molecular complexity index is 666. The van der Waals surface area contributed by atoms with Gasteiger partial charge in [0.05, 0.1) is 0 Å². The van der Waals surface area contributed by atoms with E-state index in [0.717, 1.165) is 30.8 Å². The summed E-state index contributed by atoms with van der Waals surface area (Å²) >= 11 is 0. The molecule has 0 radical (unpaired) electrons. The molecule has 1 aliphatic rings. The van der Waals surface area contributed by atoms with Crippen LogP contribution in [0.1, 0.15) is 28.3 Å². The van der Waals surface area contributed by atoms with Crippen molar-refractivity contribution in [2.75, 3.05) is 18.0 Å². The zero-order chi connectivity index (χ0) is 15.0. The molecule has 3 rings (SSSR count). The fourth-order valence-corrected chi connectivity index (χ4v) is 2.95. The largest absolute Gasteiger partial charge is 0.369 e. The van der Waals surface area contributed by atoms with Gasteiger partial charge in [-0.1, -0.05) is 24.3 Å². The van der Waals surface area contributed by atoms with Crippen LogP contribution in [-0.2, 0) is 6.42 Å². The first-order valence-corrected chi connectivity index (χ1v) is 7.40. The molecule has 2 aromatic rings. The standard InChI is InChI=1S/C18H21FN2/c1-12-3-4-15(9-13(12)2)17(20)11-21-8-7-14-5-6-16(19)10-18(14)21/h3-6,9-10,17H,7-8,11,20H2,1-2H3. The number of halogens is 1. The maximum absolute atomic E-state index is 13.4. The molecule has 0 aromatic heterocycles. The lowest BCUT2D eigenvalue weighted by Crippen LogP contribution is -2.31. The van der Waals surface area contributed by atoms with Gasteiger partial charge in [0.1, 0.15) is 5.82 Å². The van der Waals surface area contributed by atoms with Crippen molar-refractivity contribution in [1.29, 1.82) is 0 Å². The Hall–Kier alpha value is -1.87. The summed E-state index contributed by atoms with van der Waals surface area (Å²) in [4.78, 5) is 2.19. The fraction of sp³-hybridized carbons (Fsp3) is 0.333. The second-order valence-electron chi connectivity index (χ2n) is 5.92. The lowest BCUT2D eigenvalue weighted by Gasteiger charge is -2.24. The van der Waals surface area contributed by atoms with Crippen molar-refractivity contribution in [1.82, 2.24) is 0 Å². The SMILES string of the molecule is Cc1ccc(C(N)CN2CCc3ccc(F)cc32)cc1C. The van der Waals surface area contributed by atoms with Crippen molar-refractivity contribution < 1.29 is 4.39 Å². The first-order chi connectivity index (χ1) is 10.0. The highest BCUT2D eigenvalue weighted by molar-refractivity contribution is 5.58. The van der Waals surface area contributed by atoms with Gasteiger partial charge < -0.3 is 10.6 Å². The van der Waals surface area contributed by atoms with Gasteiger partial charge in [-0.3, -0.25) is 0 Å². The number of benzene rings is 2. The summed E-state index contributed by atoms with van der Waals surface area (Å²) in [7, 11) is 0. The van der Waals surface area contributed by atoms with Gasteiger partial charge in [0.25, 0.3) is 0 Å². The van der Waals surface area contributed by atoms with E-state index in [1.54, 1.807) is 6.07 Å². The van der Waals surface area contributed by atoms with E-state index in [0.29, 0.717) is 0 Å². The number of fused-ring (bicyclic) bond motifs is 1. The van der Waals surface area contributed by atoms with Gasteiger partial charge in [-0.2, -0.15) is 0 Å². The van der Waals surface area contributed by atoms with E-state index in [2.05, 4.69) is 36.9 Å². The molecule has 21 heavy (non-hydrogen) atoms. The van der Waals surface area contributed by atoms with E-state index >= 15 is 0 Å². The molecule has 1 heterocycles. The molecule has 0 amide bonds. The minimum Gasteiger partial charge on any atom is -0.369 e. The molecule has 1 unspecified atom stereocenters. The topological polar surface area (TPSA) is 29.3 Å². The van der Waals surface area contributed by atoms with Gasteiger partial charge in [-0.25, -0.2) is 4.39 Å². The minimum absolute atomic E-state index is 0.0569. The van der Waals surface area contributed by atoms with Crippen molar-refractivity contribution >= 4 is 5.69 Å². The van der Waals surface area contributed by atoms with Gasteiger partial charge in [0, 0.05) is 24.8 Å². The van der Waals surface area contributed by atoms with Crippen LogP contribution < -0.4 is 10.6 Å². The Morgan fingerprint density at radius 1 is 1.14 bits per heavy atom. The summed E-state index contributed by atoms with van der Waals surface area (Å²) in [6.07, 6.45) is 0.968. The van der Waals surface area contributed by atoms with Crippen LogP contribution in [0.3, 0.4) is 0 Å². The number of nitrogens with two attached hydrogens (primary N) is 1. The molecule has 0 fully saturated rings. The van der Waals surface area contributed by atoms with E-state index in [1.807, 2.05) is 6.07 Å². The number of hydrogen-bond donors (Lipinski definition) is 1. The highest BCUT2D eigenvalue weighted by Crippen LogP contribution is 2.30. The molecule has 0 aliphatic carbocycles. The van der Waals surface area contributed by atoms with Crippen molar-refractivity contribution in [3.05, 3.63) is 64.5 Å². The summed E-state index contributed by atoms with van der Waals surface area (Å²) in [5.41, 5.74) is 12.2. The average Bonchev–Trinajstić information content (AvgIpc) is 2.84. The fourth-order valence-electron chi connectivity index (χ4n) is 2.95. The third kappa shape index (κ3) is 2.79. The minimum atomic E-state index is -0.180. The third-order valence-electron chi connectivity index (χ3n) is 4.42. The number of aryl methyl sites for hydroxylation is 2. The van der Waals surface area contributed by atoms with Crippen molar-refractivity contribution in [3.63, 3.8) is 0 Å². The lowest BCUT2D eigenvalue weighted by atomic mass is 10.0. The van der Waals surface area contributed by atoms with Crippen LogP contribution >= 0.6 is 0 Å². The molecule has 0 bridgehead atoms. The van der Waals surface area contributed by atoms with Gasteiger partial charge in [-0.05, 0) is 54.7 Å². The van der Waals surface area contributed by atoms with Crippen LogP contribution in [0.5, 0.6) is 0 Å². The molecule has 110 valence electrons. The van der Waals surface area contributed by atoms with Gasteiger partial charge in [0.15, 0.2) is 0 Å². The van der Waals surface area contributed by atoms with E-state index in [9.17, 15) is 4.39 Å². The Balaban J connectivity index is 1.79. The Morgan fingerprint density at radius 2 is 1.95 bits per heavy atom. The van der Waals surface area contributed by atoms with Crippen LogP contribution in [0.4, 0.5) is 10.1 Å². The molecule has 1 atom stereocenters. The molecule has 0 saturated carbocycles. The summed E-state index contributed by atoms with van der Waals surface area (Å²) in [6, 6.07) is 11.3. The zero-order valence-corrected chi connectivity index (χ0v) is 12.6. The smallest absolute Gasteiger partial charge is 0.125 e. The molecule has 2 N–H and O–H groups in total. The summed E-state index contributed by atoms with van der Waals surface area (Å²) in [5.74, 6) is -0.180. The van der Waals surface area contributed by atoms with Crippen molar-refractivity contribution in [3.8, 4) is 0 Å². The summed E-state index contributed by atoms with van der Waals surface area (Å²) in [5, 5.41) is 0. The highest BCUT2D eigenvalue weighted by atomic mass is 19.1. The van der Waals surface area contributed by atoms with Crippen LogP contribution in [0.15, 0.2) is 36.4 Å². The molecule has 2 nitrogen and oxygen atoms in total. The molecule has 0 saturated heterocycles. The number of nitrogens with zero attached hydrogens (tertiary/aromatic N) is 1. The lowest BCUT2D eigenvalue weighted by molar-refractivity contribution is 0.626. The predicted molar refractivity (Wildman–Crippen MR) is 85.2 cm³/mol. The van der Waals surface area contributed by atoms with E-state index in [4.69, 9.17) is 5.73 Å². The first-order valence-electron chi connectivity index (χ1n) is 7.40. The number of anilines is 1. The van der Waals surface area contributed by atoms with Crippen molar-refractivity contribution in [2.24, 2.45) is 5.73 Å². The normalized spacial score (nSPS) is 15.1. The van der Waals surface area contributed by atoms with Crippen LogP contribution in [0.2, 0.25) is 0 Å². The average molecular weight is 284 g/mol. The van der Waals surface area contributed by atoms with Crippen LogP contribution in [0, 0.1) is 19.7 Å². The monoisotopic (exact) mass is 284 g/mol. The third-order valence-corrected chi connectivity index (χ3v) is 4.42. The number of rotatable bonds is 3. The van der Waals surface area contributed by atoms with Gasteiger partial charge in [-0.15, -0.1) is 0 Å². The van der Waals surface area contributed by atoms with Crippen molar-refractivity contribution in [2.45, 2.75) is 26.3 Å². The Morgan fingerprint density at radius 3 is 2.71 bits per heavy atom. The highest BCUT2D eigenvalue weighted by Gasteiger charge is 2.22. The molecule has 1 aliphatic heterocycles. The summed E-state index contributed by atoms with van der Waals surface area (Å²) in [6.45, 7) is 5.84. The Kier molecular flexibility index (Phi) is 3.68. The van der Waals surface area contributed by atoms with E-state index in [-0.39, 0.29) is 11.9 Å². The molecule has 2 aromatic carbocycles. The maximum atomic E-state index is 13.4. The maximum Gasteiger partial charge on any atom is 0.125 e. The van der Waals surface area contributed by atoms with Crippen LogP contribution in [0.25, 0.3) is 0 Å². The van der Waals surface area contributed by atoms with Crippen LogP contribution in [-0.4, -0.2) is 13.1 Å². The zero-order valence-electron chi connectivity index (χ0n) is 12.6. The number of hydrogen-bond acceptors (Lipinski definition) is 2. The quantitative estimate of drug-likeness (QED) is 0.934. The predicted octanol–water partition coefficient (Wildman–Crippen LogP) is 3.51. The molecular weight excluding hydrogens is 263 g/mol.